The first-order chi connectivity index (χ1) is 8.03. The highest BCUT2D eigenvalue weighted by atomic mass is 16.4. The van der Waals surface area contributed by atoms with Gasteiger partial charge < -0.3 is 5.11 Å². The van der Waals surface area contributed by atoms with Gasteiger partial charge >= 0.3 is 5.97 Å². The lowest BCUT2D eigenvalue weighted by Crippen LogP contribution is -2.45. The molecule has 0 amide bonds. The molecule has 0 heterocycles. The molecule has 17 heavy (non-hydrogen) atoms. The highest BCUT2D eigenvalue weighted by Gasteiger charge is 2.43. The number of nitrogens with zero attached hydrogens (tertiary/aromatic N) is 1. The maximum Gasteiger partial charge on any atom is 0.310 e. The van der Waals surface area contributed by atoms with Crippen molar-refractivity contribution >= 4 is 5.97 Å². The fraction of sp³-hybridized carbons (Fsp3) is 0.929. The van der Waals surface area contributed by atoms with Crippen molar-refractivity contribution in [1.82, 2.24) is 4.90 Å². The van der Waals surface area contributed by atoms with Crippen molar-refractivity contribution in [3.63, 3.8) is 0 Å². The molecule has 0 aromatic heterocycles. The Morgan fingerprint density at radius 2 is 1.94 bits per heavy atom. The van der Waals surface area contributed by atoms with Gasteiger partial charge in [0.25, 0.3) is 0 Å². The molecule has 0 unspecified atom stereocenters. The molecular weight excluding hydrogens is 214 g/mol. The van der Waals surface area contributed by atoms with Gasteiger partial charge in [-0.15, -0.1) is 0 Å². The van der Waals surface area contributed by atoms with Crippen molar-refractivity contribution < 1.29 is 9.90 Å². The van der Waals surface area contributed by atoms with Crippen molar-refractivity contribution in [2.45, 2.75) is 58.4 Å². The summed E-state index contributed by atoms with van der Waals surface area (Å²) in [6.45, 7) is 6.24. The first kappa shape index (κ1) is 12.9. The molecular formula is C14H25NO2. The van der Waals surface area contributed by atoms with E-state index in [1.165, 1.54) is 12.8 Å². The van der Waals surface area contributed by atoms with Crippen LogP contribution in [-0.4, -0.2) is 35.1 Å². The molecule has 0 aromatic rings. The minimum atomic E-state index is -0.573. The van der Waals surface area contributed by atoms with Crippen molar-refractivity contribution in [3.05, 3.63) is 0 Å². The van der Waals surface area contributed by atoms with Crippen LogP contribution in [0, 0.1) is 11.3 Å². The predicted molar refractivity (Wildman–Crippen MR) is 68.0 cm³/mol. The van der Waals surface area contributed by atoms with Crippen LogP contribution >= 0.6 is 0 Å². The number of carboxylic acid groups (broad SMARTS) is 1. The van der Waals surface area contributed by atoms with E-state index in [2.05, 4.69) is 18.7 Å². The third-order valence-electron chi connectivity index (χ3n) is 4.44. The maximum absolute atomic E-state index is 11.6. The van der Waals surface area contributed by atoms with Crippen LogP contribution in [0.3, 0.4) is 0 Å². The average molecular weight is 239 g/mol. The number of hydrogen-bond acceptors (Lipinski definition) is 2. The first-order valence-corrected chi connectivity index (χ1v) is 7.01. The van der Waals surface area contributed by atoms with E-state index in [4.69, 9.17) is 0 Å². The second-order valence-corrected chi connectivity index (χ2v) is 6.26. The van der Waals surface area contributed by atoms with Crippen LogP contribution in [0.5, 0.6) is 0 Å². The molecule has 1 N–H and O–H groups in total. The van der Waals surface area contributed by atoms with Crippen LogP contribution in [0.4, 0.5) is 0 Å². The van der Waals surface area contributed by atoms with Gasteiger partial charge in [0.2, 0.25) is 0 Å². The average Bonchev–Trinajstić information content (AvgIpc) is 2.93. The SMILES string of the molecule is CC(C)N(CC1CC1)CC1(C(=O)O)CCCC1. The predicted octanol–water partition coefficient (Wildman–Crippen LogP) is 2.75. The molecule has 2 rings (SSSR count). The second kappa shape index (κ2) is 4.97. The summed E-state index contributed by atoms with van der Waals surface area (Å²) >= 11 is 0. The van der Waals surface area contributed by atoms with E-state index >= 15 is 0 Å². The number of carbonyl (C=O) groups is 1. The lowest BCUT2D eigenvalue weighted by molar-refractivity contribution is -0.150. The van der Waals surface area contributed by atoms with Crippen molar-refractivity contribution in [2.24, 2.45) is 11.3 Å². The number of aliphatic carboxylic acids is 1. The molecule has 98 valence electrons. The maximum atomic E-state index is 11.6. The van der Waals surface area contributed by atoms with Crippen LogP contribution in [-0.2, 0) is 4.79 Å². The topological polar surface area (TPSA) is 40.5 Å². The van der Waals surface area contributed by atoms with Crippen LogP contribution in [0.1, 0.15) is 52.4 Å². The molecule has 0 bridgehead atoms. The van der Waals surface area contributed by atoms with E-state index in [1.54, 1.807) is 0 Å². The smallest absolute Gasteiger partial charge is 0.310 e. The summed E-state index contributed by atoms with van der Waals surface area (Å²) in [4.78, 5) is 14.0. The molecule has 0 aromatic carbocycles. The Morgan fingerprint density at radius 3 is 2.35 bits per heavy atom. The molecule has 2 aliphatic carbocycles. The molecule has 3 heteroatoms. The molecule has 0 atom stereocenters. The summed E-state index contributed by atoms with van der Waals surface area (Å²) in [6, 6.07) is 0.465. The van der Waals surface area contributed by atoms with Crippen LogP contribution in [0.2, 0.25) is 0 Å². The largest absolute Gasteiger partial charge is 0.481 e. The Kier molecular flexibility index (Phi) is 3.76. The van der Waals surface area contributed by atoms with Gasteiger partial charge in [0.15, 0.2) is 0 Å². The highest BCUT2D eigenvalue weighted by molar-refractivity contribution is 5.75. The molecule has 2 saturated carbocycles. The van der Waals surface area contributed by atoms with Gasteiger partial charge in [-0.3, -0.25) is 9.69 Å². The summed E-state index contributed by atoms with van der Waals surface area (Å²) in [5.74, 6) is 0.265. The standard InChI is InChI=1S/C14H25NO2/c1-11(2)15(9-12-5-6-12)10-14(13(16)17)7-3-4-8-14/h11-12H,3-10H2,1-2H3,(H,16,17). The van der Waals surface area contributed by atoms with E-state index in [9.17, 15) is 9.90 Å². The molecule has 0 saturated heterocycles. The minimum absolute atomic E-state index is 0.445. The summed E-state index contributed by atoms with van der Waals surface area (Å²) in [6.07, 6.45) is 6.59. The fourth-order valence-corrected chi connectivity index (χ4v) is 2.97. The Balaban J connectivity index is 2.00. The summed E-state index contributed by atoms with van der Waals surface area (Å²) in [5.41, 5.74) is -0.445. The molecule has 3 nitrogen and oxygen atoms in total. The van der Waals surface area contributed by atoms with Gasteiger partial charge in [-0.2, -0.15) is 0 Å². The quantitative estimate of drug-likeness (QED) is 0.775. The summed E-state index contributed by atoms with van der Waals surface area (Å²) < 4.78 is 0. The summed E-state index contributed by atoms with van der Waals surface area (Å²) in [7, 11) is 0. The zero-order valence-corrected chi connectivity index (χ0v) is 11.1. The van der Waals surface area contributed by atoms with Crippen molar-refractivity contribution in [2.75, 3.05) is 13.1 Å². The minimum Gasteiger partial charge on any atom is -0.481 e. The summed E-state index contributed by atoms with van der Waals surface area (Å²) in [5, 5.41) is 9.52. The first-order valence-electron chi connectivity index (χ1n) is 7.01. The lowest BCUT2D eigenvalue weighted by atomic mass is 9.85. The van der Waals surface area contributed by atoms with Crippen molar-refractivity contribution in [3.8, 4) is 0 Å². The Bertz CT molecular complexity index is 278. The lowest BCUT2D eigenvalue weighted by Gasteiger charge is -2.34. The Hall–Kier alpha value is -0.570. The van der Waals surface area contributed by atoms with E-state index in [0.717, 1.165) is 44.7 Å². The number of carboxylic acids is 1. The molecule has 0 radical (unpaired) electrons. The third kappa shape index (κ3) is 3.01. The second-order valence-electron chi connectivity index (χ2n) is 6.26. The zero-order valence-electron chi connectivity index (χ0n) is 11.1. The van der Waals surface area contributed by atoms with Crippen LogP contribution in [0.25, 0.3) is 0 Å². The Labute approximate surface area is 104 Å². The number of rotatable bonds is 6. The van der Waals surface area contributed by atoms with E-state index < -0.39 is 11.4 Å². The molecule has 0 aliphatic heterocycles. The van der Waals surface area contributed by atoms with Gasteiger partial charge in [-0.05, 0) is 45.4 Å². The fourth-order valence-electron chi connectivity index (χ4n) is 2.97. The zero-order chi connectivity index (χ0) is 12.5. The third-order valence-corrected chi connectivity index (χ3v) is 4.44. The van der Waals surface area contributed by atoms with Gasteiger partial charge in [0.1, 0.15) is 0 Å². The van der Waals surface area contributed by atoms with E-state index in [1.807, 2.05) is 0 Å². The monoisotopic (exact) mass is 239 g/mol. The van der Waals surface area contributed by atoms with Gasteiger partial charge in [-0.1, -0.05) is 12.8 Å². The highest BCUT2D eigenvalue weighted by Crippen LogP contribution is 2.40. The van der Waals surface area contributed by atoms with Gasteiger partial charge in [-0.25, -0.2) is 0 Å². The van der Waals surface area contributed by atoms with Crippen molar-refractivity contribution in [1.29, 1.82) is 0 Å². The van der Waals surface area contributed by atoms with Crippen LogP contribution in [0.15, 0.2) is 0 Å². The molecule has 2 aliphatic rings. The Morgan fingerprint density at radius 1 is 1.35 bits per heavy atom. The normalized spacial score (nSPS) is 23.5. The van der Waals surface area contributed by atoms with E-state index in [0.29, 0.717) is 6.04 Å². The number of hydrogen-bond donors (Lipinski definition) is 1. The van der Waals surface area contributed by atoms with Gasteiger partial charge in [0, 0.05) is 19.1 Å². The van der Waals surface area contributed by atoms with Gasteiger partial charge in [0.05, 0.1) is 5.41 Å². The van der Waals surface area contributed by atoms with Crippen LogP contribution < -0.4 is 0 Å². The molecule has 2 fully saturated rings. The molecule has 0 spiro atoms. The van der Waals surface area contributed by atoms with E-state index in [-0.39, 0.29) is 0 Å².